The number of carbonyl (C=O) groups excluding carboxylic acids is 3. The highest BCUT2D eigenvalue weighted by Crippen LogP contribution is 2.15. The normalized spacial score (nSPS) is 13.6. The van der Waals surface area contributed by atoms with Gasteiger partial charge in [-0.25, -0.2) is 0 Å². The van der Waals surface area contributed by atoms with Gasteiger partial charge in [-0.1, -0.05) is 226 Å². The van der Waals surface area contributed by atoms with Crippen molar-refractivity contribution in [1.29, 1.82) is 0 Å². The zero-order chi connectivity index (χ0) is 54.8. The number of allylic oxidation sites excluding steroid dienone is 18. The number of hydrogen-bond donors (Lipinski definition) is 0. The largest absolute Gasteiger partial charge is 0.545 e. The molecule has 0 radical (unpaired) electrons. The Bertz CT molecular complexity index is 1590. The van der Waals surface area contributed by atoms with Crippen molar-refractivity contribution in [2.75, 3.05) is 47.5 Å². The minimum Gasteiger partial charge on any atom is -0.545 e. The minimum atomic E-state index is -1.63. The zero-order valence-corrected chi connectivity index (χ0v) is 48.6. The summed E-state index contributed by atoms with van der Waals surface area (Å²) in [5, 5.41) is 11.8. The average molecular weight is 1050 g/mol. The highest BCUT2D eigenvalue weighted by atomic mass is 16.7. The Kier molecular flexibility index (Phi) is 53.1. The highest BCUT2D eigenvalue weighted by Gasteiger charge is 2.22. The minimum absolute atomic E-state index is 0.139. The number of quaternary nitrogens is 1. The van der Waals surface area contributed by atoms with Crippen LogP contribution in [0.4, 0.5) is 0 Å². The summed E-state index contributed by atoms with van der Waals surface area (Å²) in [4.78, 5) is 37.3. The van der Waals surface area contributed by atoms with Crippen LogP contribution in [-0.2, 0) is 33.3 Å². The Morgan fingerprint density at radius 2 is 0.760 bits per heavy atom. The van der Waals surface area contributed by atoms with E-state index in [2.05, 4.69) is 123 Å². The molecule has 75 heavy (non-hydrogen) atoms. The monoisotopic (exact) mass is 1050 g/mol. The number of likely N-dealkylation sites (N-methyl/N-ethyl adjacent to an activating group) is 1. The fourth-order valence-corrected chi connectivity index (χ4v) is 7.90. The molecule has 2 unspecified atom stereocenters. The fraction of sp³-hybridized carbons (Fsp3) is 0.682. The molecule has 0 saturated heterocycles. The van der Waals surface area contributed by atoms with Crippen LogP contribution in [0.5, 0.6) is 0 Å². The van der Waals surface area contributed by atoms with Crippen LogP contribution in [0.2, 0.25) is 0 Å². The smallest absolute Gasteiger partial charge is 0.306 e. The first-order valence-corrected chi connectivity index (χ1v) is 30.0. The van der Waals surface area contributed by atoms with Gasteiger partial charge in [0.05, 0.1) is 40.3 Å². The number of hydrogen-bond acceptors (Lipinski definition) is 8. The molecule has 0 aromatic carbocycles. The van der Waals surface area contributed by atoms with Gasteiger partial charge in [0.2, 0.25) is 0 Å². The van der Waals surface area contributed by atoms with Gasteiger partial charge in [-0.05, 0) is 103 Å². The molecule has 9 nitrogen and oxygen atoms in total. The summed E-state index contributed by atoms with van der Waals surface area (Å²) in [6.45, 7) is 4.60. The van der Waals surface area contributed by atoms with Gasteiger partial charge in [-0.15, -0.1) is 0 Å². The third kappa shape index (κ3) is 57.5. The van der Waals surface area contributed by atoms with Crippen molar-refractivity contribution in [3.63, 3.8) is 0 Å². The van der Waals surface area contributed by atoms with Crippen molar-refractivity contribution in [3.8, 4) is 0 Å². The molecule has 0 amide bonds. The van der Waals surface area contributed by atoms with Crippen molar-refractivity contribution in [2.45, 2.75) is 245 Å². The topological polar surface area (TPSA) is 111 Å². The van der Waals surface area contributed by atoms with E-state index in [1.165, 1.54) is 89.9 Å². The number of ether oxygens (including phenoxy) is 4. The predicted octanol–water partition coefficient (Wildman–Crippen LogP) is 16.6. The van der Waals surface area contributed by atoms with Crippen LogP contribution in [0.25, 0.3) is 0 Å². The summed E-state index contributed by atoms with van der Waals surface area (Å²) >= 11 is 0. The van der Waals surface area contributed by atoms with Crippen molar-refractivity contribution < 1.29 is 42.9 Å². The maximum absolute atomic E-state index is 12.9. The Morgan fingerprint density at radius 3 is 1.13 bits per heavy atom. The number of aliphatic carboxylic acids is 1. The van der Waals surface area contributed by atoms with Gasteiger partial charge in [0, 0.05) is 12.8 Å². The first-order chi connectivity index (χ1) is 36.6. The number of nitrogens with zero attached hydrogens (tertiary/aromatic N) is 1. The Hall–Kier alpha value is -4.05. The van der Waals surface area contributed by atoms with Crippen LogP contribution in [0.15, 0.2) is 109 Å². The van der Waals surface area contributed by atoms with E-state index >= 15 is 0 Å². The number of esters is 2. The molecular formula is C66H111NO8. The first-order valence-electron chi connectivity index (χ1n) is 30.0. The van der Waals surface area contributed by atoms with E-state index in [0.29, 0.717) is 17.4 Å². The Labute approximate surface area is 460 Å². The molecule has 0 aromatic heterocycles. The molecule has 0 fully saturated rings. The maximum atomic E-state index is 12.9. The maximum Gasteiger partial charge on any atom is 0.306 e. The van der Waals surface area contributed by atoms with Gasteiger partial charge >= 0.3 is 11.9 Å². The SMILES string of the molecule is CC/C=C\C/C=C\C/C=C\C/C=C\C/C=C\C/C=C\CCCCCCCCCCCCC(=O)OC(COC(=O)CCCCCCCC/C=C\C/C=C\C/C=C\CCCCCCC)COC(OCC[N+](C)(C)C)C(=O)[O-]. The third-order valence-electron chi connectivity index (χ3n) is 12.5. The number of carboxylic acids is 1. The lowest BCUT2D eigenvalue weighted by Gasteiger charge is -2.26. The second kappa shape index (κ2) is 56.2. The third-order valence-corrected chi connectivity index (χ3v) is 12.5. The number of rotatable bonds is 54. The number of carboxylic acid groups (broad SMARTS) is 1. The van der Waals surface area contributed by atoms with Crippen LogP contribution in [0, 0.1) is 0 Å². The van der Waals surface area contributed by atoms with Crippen molar-refractivity contribution >= 4 is 17.9 Å². The highest BCUT2D eigenvalue weighted by molar-refractivity contribution is 5.70. The summed E-state index contributed by atoms with van der Waals surface area (Å²) in [5.74, 6) is -2.31. The van der Waals surface area contributed by atoms with E-state index in [-0.39, 0.29) is 38.6 Å². The van der Waals surface area contributed by atoms with E-state index in [1.807, 2.05) is 21.1 Å². The summed E-state index contributed by atoms with van der Waals surface area (Å²) in [6.07, 6.45) is 74.2. The van der Waals surface area contributed by atoms with Crippen LogP contribution in [0.1, 0.15) is 232 Å². The predicted molar refractivity (Wildman–Crippen MR) is 315 cm³/mol. The Morgan fingerprint density at radius 1 is 0.413 bits per heavy atom. The van der Waals surface area contributed by atoms with E-state index < -0.39 is 24.3 Å². The molecule has 0 rings (SSSR count). The average Bonchev–Trinajstić information content (AvgIpc) is 3.38. The zero-order valence-electron chi connectivity index (χ0n) is 48.6. The molecule has 0 saturated carbocycles. The van der Waals surface area contributed by atoms with Gasteiger partial charge in [-0.3, -0.25) is 9.59 Å². The molecule has 0 aromatic rings. The Balaban J connectivity index is 4.28. The molecule has 0 heterocycles. The van der Waals surface area contributed by atoms with E-state index in [0.717, 1.165) is 109 Å². The van der Waals surface area contributed by atoms with Crippen LogP contribution < -0.4 is 5.11 Å². The standard InChI is InChI=1S/C66H111NO8/c1-6-8-10-12-14-16-18-20-22-24-26-28-29-30-31-32-33-34-35-37-39-41-43-45-47-49-51-53-55-57-64(69)75-62(61-74-66(65(70)71)72-59-58-67(3,4)5)60-73-63(68)56-54-52-50-48-46-44-42-40-38-36-27-25-23-21-19-17-15-13-11-9-7-2/h8,10,14,16,19-22,25-28,30-31,33-34,38,40,62,66H,6-7,9,11-13,15,17-18,23-24,29,32,35-37,39,41-61H2,1-5H3/b10-8-,16-14-,21-19-,22-20-,27-25-,28-26-,31-30-,34-33-,40-38-. The quantitative estimate of drug-likeness (QED) is 0.0195. The molecule has 0 aliphatic rings. The van der Waals surface area contributed by atoms with E-state index in [1.54, 1.807) is 0 Å². The summed E-state index contributed by atoms with van der Waals surface area (Å²) in [6, 6.07) is 0. The number of unbranched alkanes of at least 4 members (excludes halogenated alkanes) is 21. The second-order valence-electron chi connectivity index (χ2n) is 20.9. The van der Waals surface area contributed by atoms with Gasteiger partial charge in [-0.2, -0.15) is 0 Å². The summed E-state index contributed by atoms with van der Waals surface area (Å²) < 4.78 is 22.7. The fourth-order valence-electron chi connectivity index (χ4n) is 7.90. The molecule has 0 aliphatic carbocycles. The van der Waals surface area contributed by atoms with Crippen molar-refractivity contribution in [2.24, 2.45) is 0 Å². The molecule has 2 atom stereocenters. The molecular weight excluding hydrogens is 935 g/mol. The van der Waals surface area contributed by atoms with Crippen LogP contribution in [-0.4, -0.2) is 82.3 Å². The van der Waals surface area contributed by atoms with E-state index in [4.69, 9.17) is 18.9 Å². The lowest BCUT2D eigenvalue weighted by Crippen LogP contribution is -2.44. The van der Waals surface area contributed by atoms with Gasteiger partial charge < -0.3 is 33.3 Å². The van der Waals surface area contributed by atoms with Gasteiger partial charge in [0.25, 0.3) is 0 Å². The lowest BCUT2D eigenvalue weighted by atomic mass is 10.0. The van der Waals surface area contributed by atoms with Gasteiger partial charge in [0.15, 0.2) is 12.4 Å². The van der Waals surface area contributed by atoms with Crippen molar-refractivity contribution in [1.82, 2.24) is 0 Å². The van der Waals surface area contributed by atoms with E-state index in [9.17, 15) is 19.5 Å². The molecule has 0 bridgehead atoms. The molecule has 0 N–H and O–H groups in total. The van der Waals surface area contributed by atoms with Crippen LogP contribution in [0.3, 0.4) is 0 Å². The molecule has 0 spiro atoms. The molecule has 0 aliphatic heterocycles. The lowest BCUT2D eigenvalue weighted by molar-refractivity contribution is -0.870. The van der Waals surface area contributed by atoms with Crippen LogP contribution >= 0.6 is 0 Å². The molecule has 9 heteroatoms. The second-order valence-corrected chi connectivity index (χ2v) is 20.9. The van der Waals surface area contributed by atoms with Crippen molar-refractivity contribution in [3.05, 3.63) is 109 Å². The number of carbonyl (C=O) groups is 3. The molecule has 428 valence electrons. The summed E-state index contributed by atoms with van der Waals surface area (Å²) in [5.41, 5.74) is 0. The first kappa shape index (κ1) is 71.0. The van der Waals surface area contributed by atoms with Gasteiger partial charge in [0.1, 0.15) is 13.2 Å². The summed E-state index contributed by atoms with van der Waals surface area (Å²) in [7, 11) is 5.91.